The van der Waals surface area contributed by atoms with Gasteiger partial charge >= 0.3 is 12.1 Å². The van der Waals surface area contributed by atoms with Crippen LogP contribution in [0.4, 0.5) is 4.79 Å². The standard InChI is InChI=1S/C15H25NO4/c1-5-7-9-16-14(18)20-12(15(16,3)4)11-13(17)19-10-8-6-2/h11H,5-10H2,1-4H3/b12-11-. The van der Waals surface area contributed by atoms with E-state index < -0.39 is 17.6 Å². The normalized spacial score (nSPS) is 19.3. The van der Waals surface area contributed by atoms with Crippen molar-refractivity contribution in [3.63, 3.8) is 0 Å². The highest BCUT2D eigenvalue weighted by molar-refractivity contribution is 5.85. The van der Waals surface area contributed by atoms with Gasteiger partial charge in [0.05, 0.1) is 18.2 Å². The molecule has 0 aliphatic carbocycles. The van der Waals surface area contributed by atoms with Gasteiger partial charge in [0.25, 0.3) is 0 Å². The van der Waals surface area contributed by atoms with E-state index in [0.29, 0.717) is 18.9 Å². The van der Waals surface area contributed by atoms with Crippen LogP contribution in [0.25, 0.3) is 0 Å². The van der Waals surface area contributed by atoms with Gasteiger partial charge in [0.1, 0.15) is 5.76 Å². The van der Waals surface area contributed by atoms with Crippen molar-refractivity contribution >= 4 is 12.1 Å². The number of esters is 1. The number of ether oxygens (including phenoxy) is 2. The largest absolute Gasteiger partial charge is 0.462 e. The van der Waals surface area contributed by atoms with Crippen LogP contribution in [-0.2, 0) is 14.3 Å². The molecule has 0 aromatic rings. The number of amides is 1. The van der Waals surface area contributed by atoms with Gasteiger partial charge in [-0.1, -0.05) is 26.7 Å². The van der Waals surface area contributed by atoms with E-state index in [2.05, 4.69) is 6.92 Å². The van der Waals surface area contributed by atoms with E-state index in [1.165, 1.54) is 6.08 Å². The van der Waals surface area contributed by atoms with E-state index >= 15 is 0 Å². The van der Waals surface area contributed by atoms with Crippen molar-refractivity contribution in [2.45, 2.75) is 58.9 Å². The highest BCUT2D eigenvalue weighted by atomic mass is 16.6. The van der Waals surface area contributed by atoms with E-state index in [1.54, 1.807) is 4.90 Å². The number of unbranched alkanes of at least 4 members (excludes halogenated alkanes) is 2. The van der Waals surface area contributed by atoms with E-state index in [9.17, 15) is 9.59 Å². The third-order valence-electron chi connectivity index (χ3n) is 3.42. The first-order valence-corrected chi connectivity index (χ1v) is 7.31. The van der Waals surface area contributed by atoms with Gasteiger partial charge in [0, 0.05) is 6.54 Å². The molecule has 1 amide bonds. The van der Waals surface area contributed by atoms with Crippen molar-refractivity contribution in [1.82, 2.24) is 4.90 Å². The number of nitrogens with zero attached hydrogens (tertiary/aromatic N) is 1. The fraction of sp³-hybridized carbons (Fsp3) is 0.733. The van der Waals surface area contributed by atoms with Crippen molar-refractivity contribution in [2.24, 2.45) is 0 Å². The summed E-state index contributed by atoms with van der Waals surface area (Å²) in [5.41, 5.74) is -0.601. The quantitative estimate of drug-likeness (QED) is 0.409. The van der Waals surface area contributed by atoms with Gasteiger partial charge in [-0.05, 0) is 26.7 Å². The fourth-order valence-electron chi connectivity index (χ4n) is 1.99. The molecule has 0 spiro atoms. The molecular weight excluding hydrogens is 258 g/mol. The summed E-state index contributed by atoms with van der Waals surface area (Å²) >= 11 is 0. The van der Waals surface area contributed by atoms with Gasteiger partial charge in [-0.25, -0.2) is 9.59 Å². The molecule has 0 aromatic heterocycles. The second-order valence-electron chi connectivity index (χ2n) is 5.46. The lowest BCUT2D eigenvalue weighted by atomic mass is 10.0. The van der Waals surface area contributed by atoms with Crippen LogP contribution in [-0.4, -0.2) is 35.7 Å². The van der Waals surface area contributed by atoms with Gasteiger partial charge < -0.3 is 9.47 Å². The minimum atomic E-state index is -0.601. The van der Waals surface area contributed by atoms with Crippen LogP contribution >= 0.6 is 0 Å². The van der Waals surface area contributed by atoms with Crippen LogP contribution in [0.3, 0.4) is 0 Å². The van der Waals surface area contributed by atoms with E-state index in [1.807, 2.05) is 20.8 Å². The zero-order valence-electron chi connectivity index (χ0n) is 12.9. The summed E-state index contributed by atoms with van der Waals surface area (Å²) in [5, 5.41) is 0. The van der Waals surface area contributed by atoms with Gasteiger partial charge in [0.2, 0.25) is 0 Å². The van der Waals surface area contributed by atoms with Gasteiger partial charge in [-0.15, -0.1) is 0 Å². The Morgan fingerprint density at radius 1 is 1.30 bits per heavy atom. The summed E-state index contributed by atoms with van der Waals surface area (Å²) in [7, 11) is 0. The predicted octanol–water partition coefficient (Wildman–Crippen LogP) is 3.24. The lowest BCUT2D eigenvalue weighted by molar-refractivity contribution is -0.138. The molecule has 0 saturated carbocycles. The molecule has 1 aliphatic heterocycles. The molecule has 0 atom stereocenters. The highest BCUT2D eigenvalue weighted by Crippen LogP contribution is 2.33. The molecule has 0 bridgehead atoms. The van der Waals surface area contributed by atoms with Crippen LogP contribution in [0.5, 0.6) is 0 Å². The molecule has 1 fully saturated rings. The first-order valence-electron chi connectivity index (χ1n) is 7.31. The minimum Gasteiger partial charge on any atom is -0.462 e. The number of cyclic esters (lactones) is 1. The summed E-state index contributed by atoms with van der Waals surface area (Å²) in [6.07, 6.45) is 4.61. The topological polar surface area (TPSA) is 55.8 Å². The average molecular weight is 283 g/mol. The first-order chi connectivity index (χ1) is 9.43. The van der Waals surface area contributed by atoms with Crippen molar-refractivity contribution in [3.05, 3.63) is 11.8 Å². The molecule has 0 N–H and O–H groups in total. The van der Waals surface area contributed by atoms with Gasteiger partial charge in [0.15, 0.2) is 0 Å². The van der Waals surface area contributed by atoms with Gasteiger partial charge in [-0.2, -0.15) is 0 Å². The van der Waals surface area contributed by atoms with E-state index in [0.717, 1.165) is 25.7 Å². The van der Waals surface area contributed by atoms with Crippen molar-refractivity contribution in [3.8, 4) is 0 Å². The third-order valence-corrected chi connectivity index (χ3v) is 3.42. The summed E-state index contributed by atoms with van der Waals surface area (Å²) in [6, 6.07) is 0. The zero-order valence-corrected chi connectivity index (χ0v) is 12.9. The molecule has 1 rings (SSSR count). The lowest BCUT2D eigenvalue weighted by Crippen LogP contribution is -2.41. The smallest absolute Gasteiger partial charge is 0.415 e. The number of carbonyl (C=O) groups excluding carboxylic acids is 2. The van der Waals surface area contributed by atoms with Crippen molar-refractivity contribution in [1.29, 1.82) is 0 Å². The number of hydrogen-bond acceptors (Lipinski definition) is 4. The molecule has 0 radical (unpaired) electrons. The Balaban J connectivity index is 2.71. The Hall–Kier alpha value is -1.52. The second-order valence-corrected chi connectivity index (χ2v) is 5.46. The molecule has 1 heterocycles. The van der Waals surface area contributed by atoms with E-state index in [4.69, 9.17) is 9.47 Å². The van der Waals surface area contributed by atoms with Crippen molar-refractivity contribution in [2.75, 3.05) is 13.2 Å². The summed E-state index contributed by atoms with van der Waals surface area (Å²) in [6.45, 7) is 8.87. The minimum absolute atomic E-state index is 0.361. The number of rotatable bonds is 7. The SMILES string of the molecule is CCCCOC(=O)/C=C1\OC(=O)N(CCCC)C1(C)C. The van der Waals surface area contributed by atoms with Crippen LogP contribution in [0.2, 0.25) is 0 Å². The monoisotopic (exact) mass is 283 g/mol. The zero-order chi connectivity index (χ0) is 15.2. The number of hydrogen-bond donors (Lipinski definition) is 0. The second kappa shape index (κ2) is 7.31. The molecule has 20 heavy (non-hydrogen) atoms. The predicted molar refractivity (Wildman–Crippen MR) is 76.1 cm³/mol. The maximum Gasteiger partial charge on any atom is 0.415 e. The summed E-state index contributed by atoms with van der Waals surface area (Å²) in [4.78, 5) is 25.2. The Morgan fingerprint density at radius 3 is 2.55 bits per heavy atom. The Morgan fingerprint density at radius 2 is 1.95 bits per heavy atom. The van der Waals surface area contributed by atoms with Crippen LogP contribution in [0, 0.1) is 0 Å². The molecule has 5 heteroatoms. The molecule has 0 unspecified atom stereocenters. The Bertz CT molecular complexity index is 387. The number of carbonyl (C=O) groups is 2. The Labute approximate surface area is 120 Å². The van der Waals surface area contributed by atoms with Gasteiger partial charge in [-0.3, -0.25) is 4.90 Å². The first kappa shape index (κ1) is 16.5. The summed E-state index contributed by atoms with van der Waals surface area (Å²) < 4.78 is 10.3. The third kappa shape index (κ3) is 3.99. The average Bonchev–Trinajstić information content (AvgIpc) is 2.58. The Kier molecular flexibility index (Phi) is 6.05. The molecule has 5 nitrogen and oxygen atoms in total. The highest BCUT2D eigenvalue weighted by Gasteiger charge is 2.44. The molecule has 114 valence electrons. The van der Waals surface area contributed by atoms with Crippen LogP contribution in [0.1, 0.15) is 53.4 Å². The maximum absolute atomic E-state index is 11.9. The molecule has 1 aliphatic rings. The maximum atomic E-state index is 11.9. The molecule has 1 saturated heterocycles. The lowest BCUT2D eigenvalue weighted by Gasteiger charge is -2.28. The fourth-order valence-corrected chi connectivity index (χ4v) is 1.99. The summed E-state index contributed by atoms with van der Waals surface area (Å²) in [5.74, 6) is -0.0910. The molecule has 0 aromatic carbocycles. The van der Waals surface area contributed by atoms with Crippen LogP contribution < -0.4 is 0 Å². The van der Waals surface area contributed by atoms with Crippen molar-refractivity contribution < 1.29 is 19.1 Å². The molecular formula is C15H25NO4. The van der Waals surface area contributed by atoms with Crippen LogP contribution in [0.15, 0.2) is 11.8 Å². The van der Waals surface area contributed by atoms with E-state index in [-0.39, 0.29) is 0 Å².